The number of piperidine rings is 1. The van der Waals surface area contributed by atoms with Crippen LogP contribution in [0.25, 0.3) is 0 Å². The summed E-state index contributed by atoms with van der Waals surface area (Å²) in [5, 5.41) is 0. The van der Waals surface area contributed by atoms with Gasteiger partial charge in [0.05, 0.1) is 6.61 Å². The average molecular weight is 319 g/mol. The molecule has 2 rings (SSSR count). The molecule has 6 heteroatoms. The van der Waals surface area contributed by atoms with Crippen molar-refractivity contribution in [2.24, 2.45) is 5.92 Å². The number of nitrogens with zero attached hydrogens (tertiary/aromatic N) is 3. The molecule has 126 valence electrons. The van der Waals surface area contributed by atoms with Gasteiger partial charge in [-0.25, -0.2) is 4.79 Å². The first-order valence-electron chi connectivity index (χ1n) is 8.17. The summed E-state index contributed by atoms with van der Waals surface area (Å²) in [4.78, 5) is 31.6. The molecule has 23 heavy (non-hydrogen) atoms. The van der Waals surface area contributed by atoms with Gasteiger partial charge < -0.3 is 14.5 Å². The first-order valence-corrected chi connectivity index (χ1v) is 8.17. The predicted molar refractivity (Wildman–Crippen MR) is 86.9 cm³/mol. The van der Waals surface area contributed by atoms with E-state index in [0.717, 1.165) is 6.42 Å². The summed E-state index contributed by atoms with van der Waals surface area (Å²) in [6.07, 6.45) is 5.50. The van der Waals surface area contributed by atoms with Crippen LogP contribution in [0.1, 0.15) is 25.3 Å². The second-order valence-corrected chi connectivity index (χ2v) is 5.83. The van der Waals surface area contributed by atoms with E-state index in [-0.39, 0.29) is 17.9 Å². The Hall–Kier alpha value is -2.11. The molecule has 0 unspecified atom stereocenters. The molecule has 1 aromatic rings. The highest BCUT2D eigenvalue weighted by atomic mass is 16.6. The minimum Gasteiger partial charge on any atom is -0.450 e. The molecule has 0 spiro atoms. The van der Waals surface area contributed by atoms with Crippen LogP contribution in [0, 0.1) is 5.92 Å². The quantitative estimate of drug-likeness (QED) is 0.832. The standard InChI is InChI=1S/C17H25N3O3/c1-3-23-17(22)20-12-7-15(8-13-20)16(21)19(2)11-6-14-4-9-18-10-5-14/h4-5,9-10,15H,3,6-8,11-13H2,1-2H3. The van der Waals surface area contributed by atoms with Crippen LogP contribution in [0.15, 0.2) is 24.5 Å². The zero-order chi connectivity index (χ0) is 16.7. The fraction of sp³-hybridized carbons (Fsp3) is 0.588. The summed E-state index contributed by atoms with van der Waals surface area (Å²) in [6.45, 7) is 4.06. The zero-order valence-electron chi connectivity index (χ0n) is 13.9. The summed E-state index contributed by atoms with van der Waals surface area (Å²) in [7, 11) is 1.85. The maximum atomic E-state index is 12.5. The van der Waals surface area contributed by atoms with Gasteiger partial charge in [0.15, 0.2) is 0 Å². The molecule has 0 atom stereocenters. The van der Waals surface area contributed by atoms with E-state index in [1.807, 2.05) is 19.2 Å². The van der Waals surface area contributed by atoms with Crippen molar-refractivity contribution in [3.05, 3.63) is 30.1 Å². The van der Waals surface area contributed by atoms with Crippen molar-refractivity contribution in [3.63, 3.8) is 0 Å². The minimum atomic E-state index is -0.274. The lowest BCUT2D eigenvalue weighted by molar-refractivity contribution is -0.135. The third kappa shape index (κ3) is 4.94. The lowest BCUT2D eigenvalue weighted by atomic mass is 9.95. The summed E-state index contributed by atoms with van der Waals surface area (Å²) >= 11 is 0. The molecule has 6 nitrogen and oxygen atoms in total. The number of hydrogen-bond acceptors (Lipinski definition) is 4. The number of likely N-dealkylation sites (tertiary alicyclic amines) is 1. The molecule has 2 amide bonds. The van der Waals surface area contributed by atoms with Crippen LogP contribution in [-0.2, 0) is 16.0 Å². The van der Waals surface area contributed by atoms with E-state index in [2.05, 4.69) is 4.98 Å². The van der Waals surface area contributed by atoms with Crippen LogP contribution >= 0.6 is 0 Å². The molecular weight excluding hydrogens is 294 g/mol. The van der Waals surface area contributed by atoms with Gasteiger partial charge in [0, 0.05) is 45.0 Å². The van der Waals surface area contributed by atoms with Crippen LogP contribution in [-0.4, -0.2) is 60.1 Å². The molecule has 1 fully saturated rings. The summed E-state index contributed by atoms with van der Waals surface area (Å²) in [6, 6.07) is 3.94. The van der Waals surface area contributed by atoms with Gasteiger partial charge in [-0.05, 0) is 43.9 Å². The van der Waals surface area contributed by atoms with Crippen LogP contribution in [0.5, 0.6) is 0 Å². The zero-order valence-corrected chi connectivity index (χ0v) is 13.9. The van der Waals surface area contributed by atoms with Crippen molar-refractivity contribution in [2.45, 2.75) is 26.2 Å². The van der Waals surface area contributed by atoms with Crippen LogP contribution in [0.3, 0.4) is 0 Å². The highest BCUT2D eigenvalue weighted by Gasteiger charge is 2.29. The molecule has 0 N–H and O–H groups in total. The topological polar surface area (TPSA) is 62.7 Å². The van der Waals surface area contributed by atoms with E-state index in [1.165, 1.54) is 5.56 Å². The number of hydrogen-bond donors (Lipinski definition) is 0. The molecule has 0 radical (unpaired) electrons. The number of aromatic nitrogens is 1. The van der Waals surface area contributed by atoms with Crippen molar-refractivity contribution in [1.29, 1.82) is 0 Å². The van der Waals surface area contributed by atoms with E-state index < -0.39 is 0 Å². The van der Waals surface area contributed by atoms with E-state index >= 15 is 0 Å². The van der Waals surface area contributed by atoms with E-state index in [9.17, 15) is 9.59 Å². The van der Waals surface area contributed by atoms with E-state index in [4.69, 9.17) is 4.74 Å². The highest BCUT2D eigenvalue weighted by molar-refractivity contribution is 5.79. The predicted octanol–water partition coefficient (Wildman–Crippen LogP) is 1.95. The van der Waals surface area contributed by atoms with Gasteiger partial charge in [-0.1, -0.05) is 0 Å². The van der Waals surface area contributed by atoms with Crippen LogP contribution < -0.4 is 0 Å². The lowest BCUT2D eigenvalue weighted by Crippen LogP contribution is -2.44. The Morgan fingerprint density at radius 1 is 1.30 bits per heavy atom. The Balaban J connectivity index is 1.76. The summed E-state index contributed by atoms with van der Waals surface area (Å²) < 4.78 is 5.00. The molecule has 1 aromatic heterocycles. The number of carbonyl (C=O) groups is 2. The summed E-state index contributed by atoms with van der Waals surface area (Å²) in [5.74, 6) is 0.172. The first-order chi connectivity index (χ1) is 11.1. The fourth-order valence-corrected chi connectivity index (χ4v) is 2.79. The molecule has 1 aliphatic heterocycles. The van der Waals surface area contributed by atoms with Crippen molar-refractivity contribution in [3.8, 4) is 0 Å². The molecular formula is C17H25N3O3. The van der Waals surface area contributed by atoms with Crippen LogP contribution in [0.2, 0.25) is 0 Å². The number of likely N-dealkylation sites (N-methyl/N-ethyl adjacent to an activating group) is 1. The number of amides is 2. The Bertz CT molecular complexity index is 513. The molecule has 0 bridgehead atoms. The molecule has 0 aliphatic carbocycles. The minimum absolute atomic E-state index is 0.00289. The number of pyridine rings is 1. The van der Waals surface area contributed by atoms with Crippen molar-refractivity contribution >= 4 is 12.0 Å². The molecule has 0 saturated carbocycles. The molecule has 1 saturated heterocycles. The summed E-state index contributed by atoms with van der Waals surface area (Å²) in [5.41, 5.74) is 1.18. The normalized spacial score (nSPS) is 15.3. The fourth-order valence-electron chi connectivity index (χ4n) is 2.79. The third-order valence-electron chi connectivity index (χ3n) is 4.23. The molecule has 2 heterocycles. The second kappa shape index (κ2) is 8.50. The highest BCUT2D eigenvalue weighted by Crippen LogP contribution is 2.20. The van der Waals surface area contributed by atoms with Gasteiger partial charge in [-0.3, -0.25) is 9.78 Å². The van der Waals surface area contributed by atoms with Crippen molar-refractivity contribution in [1.82, 2.24) is 14.8 Å². The Kier molecular flexibility index (Phi) is 6.38. The maximum absolute atomic E-state index is 12.5. The van der Waals surface area contributed by atoms with Gasteiger partial charge in [0.2, 0.25) is 5.91 Å². The monoisotopic (exact) mass is 319 g/mol. The molecule has 0 aromatic carbocycles. The van der Waals surface area contributed by atoms with Crippen molar-refractivity contribution in [2.75, 3.05) is 33.3 Å². The Morgan fingerprint density at radius 3 is 2.57 bits per heavy atom. The SMILES string of the molecule is CCOC(=O)N1CCC(C(=O)N(C)CCc2ccncc2)CC1. The number of carbonyl (C=O) groups excluding carboxylic acids is 2. The van der Waals surface area contributed by atoms with E-state index in [0.29, 0.717) is 39.1 Å². The van der Waals surface area contributed by atoms with Gasteiger partial charge in [0.25, 0.3) is 0 Å². The van der Waals surface area contributed by atoms with Crippen molar-refractivity contribution < 1.29 is 14.3 Å². The maximum Gasteiger partial charge on any atom is 0.409 e. The largest absolute Gasteiger partial charge is 0.450 e. The number of rotatable bonds is 5. The van der Waals surface area contributed by atoms with Gasteiger partial charge in [0.1, 0.15) is 0 Å². The first kappa shape index (κ1) is 17.2. The van der Waals surface area contributed by atoms with Crippen LogP contribution in [0.4, 0.5) is 4.79 Å². The Labute approximate surface area is 137 Å². The number of ether oxygens (including phenoxy) is 1. The third-order valence-corrected chi connectivity index (χ3v) is 4.23. The Morgan fingerprint density at radius 2 is 1.96 bits per heavy atom. The van der Waals surface area contributed by atoms with Gasteiger partial charge in [-0.2, -0.15) is 0 Å². The lowest BCUT2D eigenvalue weighted by Gasteiger charge is -2.32. The average Bonchev–Trinajstić information content (AvgIpc) is 2.60. The smallest absolute Gasteiger partial charge is 0.409 e. The van der Waals surface area contributed by atoms with Gasteiger partial charge >= 0.3 is 6.09 Å². The second-order valence-electron chi connectivity index (χ2n) is 5.83. The van der Waals surface area contributed by atoms with E-state index in [1.54, 1.807) is 29.1 Å². The molecule has 1 aliphatic rings. The van der Waals surface area contributed by atoms with Gasteiger partial charge in [-0.15, -0.1) is 0 Å².